The zero-order chi connectivity index (χ0) is 13.0. The van der Waals surface area contributed by atoms with Gasteiger partial charge in [0.05, 0.1) is 5.02 Å². The van der Waals surface area contributed by atoms with Gasteiger partial charge in [-0.05, 0) is 38.2 Å². The third-order valence-electron chi connectivity index (χ3n) is 2.71. The molecule has 0 fully saturated rings. The molecule has 0 saturated heterocycles. The van der Waals surface area contributed by atoms with Gasteiger partial charge in [0.25, 0.3) is 0 Å². The first-order chi connectivity index (χ1) is 8.72. The molecule has 1 aromatic heterocycles. The Morgan fingerprint density at radius 3 is 2.89 bits per heavy atom. The van der Waals surface area contributed by atoms with E-state index in [1.165, 1.54) is 0 Å². The zero-order valence-electron chi connectivity index (χ0n) is 10.2. The monoisotopic (exact) mass is 283 g/mol. The van der Waals surface area contributed by atoms with Gasteiger partial charge in [-0.2, -0.15) is 0 Å². The van der Waals surface area contributed by atoms with E-state index >= 15 is 0 Å². The first-order valence-electron chi connectivity index (χ1n) is 5.83. The second kappa shape index (κ2) is 6.23. The molecular weight excluding hydrogens is 269 g/mol. The topological polar surface area (TPSA) is 29.9 Å². The fourth-order valence-corrected chi connectivity index (χ4v) is 2.32. The zero-order valence-corrected chi connectivity index (χ0v) is 11.7. The largest absolute Gasteiger partial charge is 0.331 e. The van der Waals surface area contributed by atoms with E-state index in [1.807, 2.05) is 25.4 Å². The Bertz CT molecular complexity index is 523. The van der Waals surface area contributed by atoms with E-state index in [2.05, 4.69) is 14.9 Å². The highest BCUT2D eigenvalue weighted by molar-refractivity contribution is 6.36. The Morgan fingerprint density at radius 1 is 1.33 bits per heavy atom. The molecule has 96 valence electrons. The van der Waals surface area contributed by atoms with Gasteiger partial charge in [-0.15, -0.1) is 0 Å². The quantitative estimate of drug-likeness (QED) is 0.852. The van der Waals surface area contributed by atoms with Crippen molar-refractivity contribution in [1.29, 1.82) is 0 Å². The van der Waals surface area contributed by atoms with Crippen LogP contribution in [0, 0.1) is 0 Å². The highest BCUT2D eigenvalue weighted by Gasteiger charge is 2.09. The standard InChI is InChI=1S/C13H15Cl2N3/c1-16-5-2-7-18-8-6-17-13(18)11-4-3-10(14)9-12(11)15/h3-4,6,8-9,16H,2,5,7H2,1H3. The molecule has 5 heteroatoms. The van der Waals surface area contributed by atoms with Crippen LogP contribution < -0.4 is 5.32 Å². The van der Waals surface area contributed by atoms with Gasteiger partial charge in [0.2, 0.25) is 0 Å². The van der Waals surface area contributed by atoms with Gasteiger partial charge in [-0.3, -0.25) is 0 Å². The van der Waals surface area contributed by atoms with Crippen LogP contribution in [0.5, 0.6) is 0 Å². The lowest BCUT2D eigenvalue weighted by atomic mass is 10.2. The van der Waals surface area contributed by atoms with Crippen LogP contribution in [0.3, 0.4) is 0 Å². The molecule has 2 aromatic rings. The van der Waals surface area contributed by atoms with Crippen molar-refractivity contribution in [3.05, 3.63) is 40.6 Å². The lowest BCUT2D eigenvalue weighted by Crippen LogP contribution is -2.11. The maximum absolute atomic E-state index is 6.20. The minimum absolute atomic E-state index is 0.628. The molecule has 0 aliphatic rings. The lowest BCUT2D eigenvalue weighted by Gasteiger charge is -2.09. The number of aromatic nitrogens is 2. The Balaban J connectivity index is 2.25. The van der Waals surface area contributed by atoms with Gasteiger partial charge in [-0.25, -0.2) is 4.98 Å². The van der Waals surface area contributed by atoms with E-state index in [9.17, 15) is 0 Å². The number of hydrogen-bond acceptors (Lipinski definition) is 2. The first-order valence-corrected chi connectivity index (χ1v) is 6.59. The molecule has 0 bridgehead atoms. The van der Waals surface area contributed by atoms with Gasteiger partial charge in [0, 0.05) is 29.5 Å². The highest BCUT2D eigenvalue weighted by atomic mass is 35.5. The minimum Gasteiger partial charge on any atom is -0.331 e. The van der Waals surface area contributed by atoms with Crippen molar-refractivity contribution >= 4 is 23.2 Å². The van der Waals surface area contributed by atoms with E-state index in [-0.39, 0.29) is 0 Å². The number of rotatable bonds is 5. The van der Waals surface area contributed by atoms with Crippen LogP contribution in [-0.4, -0.2) is 23.1 Å². The van der Waals surface area contributed by atoms with Crippen molar-refractivity contribution in [3.63, 3.8) is 0 Å². The van der Waals surface area contributed by atoms with E-state index < -0.39 is 0 Å². The molecule has 1 aromatic carbocycles. The van der Waals surface area contributed by atoms with Crippen LogP contribution in [0.15, 0.2) is 30.6 Å². The van der Waals surface area contributed by atoms with Crippen molar-refractivity contribution in [1.82, 2.24) is 14.9 Å². The Morgan fingerprint density at radius 2 is 2.17 bits per heavy atom. The molecular formula is C13H15Cl2N3. The van der Waals surface area contributed by atoms with Crippen molar-refractivity contribution < 1.29 is 0 Å². The SMILES string of the molecule is CNCCCn1ccnc1-c1ccc(Cl)cc1Cl. The van der Waals surface area contributed by atoms with E-state index in [0.29, 0.717) is 10.0 Å². The van der Waals surface area contributed by atoms with Crippen LogP contribution >= 0.6 is 23.2 Å². The highest BCUT2D eigenvalue weighted by Crippen LogP contribution is 2.29. The molecule has 0 atom stereocenters. The molecule has 0 spiro atoms. The van der Waals surface area contributed by atoms with Crippen LogP contribution in [0.2, 0.25) is 10.0 Å². The van der Waals surface area contributed by atoms with Crippen molar-refractivity contribution in [2.75, 3.05) is 13.6 Å². The second-order valence-corrected chi connectivity index (χ2v) is 4.87. The van der Waals surface area contributed by atoms with Crippen LogP contribution in [0.1, 0.15) is 6.42 Å². The average molecular weight is 284 g/mol. The van der Waals surface area contributed by atoms with Crippen LogP contribution in [-0.2, 0) is 6.54 Å². The number of nitrogens with zero attached hydrogens (tertiary/aromatic N) is 2. The summed E-state index contributed by atoms with van der Waals surface area (Å²) in [5, 5.41) is 4.40. The van der Waals surface area contributed by atoms with E-state index in [4.69, 9.17) is 23.2 Å². The third kappa shape index (κ3) is 3.05. The molecule has 3 nitrogen and oxygen atoms in total. The molecule has 0 aliphatic carbocycles. The molecule has 1 N–H and O–H groups in total. The molecule has 0 aliphatic heterocycles. The van der Waals surface area contributed by atoms with Gasteiger partial charge < -0.3 is 9.88 Å². The summed E-state index contributed by atoms with van der Waals surface area (Å²) in [5.74, 6) is 0.882. The summed E-state index contributed by atoms with van der Waals surface area (Å²) in [4.78, 5) is 4.37. The predicted molar refractivity (Wildman–Crippen MR) is 76.2 cm³/mol. The summed E-state index contributed by atoms with van der Waals surface area (Å²) in [6, 6.07) is 5.47. The number of hydrogen-bond donors (Lipinski definition) is 1. The van der Waals surface area contributed by atoms with Crippen LogP contribution in [0.25, 0.3) is 11.4 Å². The molecule has 0 radical (unpaired) electrons. The summed E-state index contributed by atoms with van der Waals surface area (Å²) < 4.78 is 2.10. The number of nitrogens with one attached hydrogen (secondary N) is 1. The Kier molecular flexibility index (Phi) is 4.64. The molecule has 18 heavy (non-hydrogen) atoms. The Hall–Kier alpha value is -1.03. The number of benzene rings is 1. The Labute approximate surface area is 117 Å². The van der Waals surface area contributed by atoms with Gasteiger partial charge in [0.15, 0.2) is 0 Å². The maximum Gasteiger partial charge on any atom is 0.141 e. The minimum atomic E-state index is 0.628. The van der Waals surface area contributed by atoms with E-state index in [1.54, 1.807) is 12.3 Å². The normalized spacial score (nSPS) is 10.8. The summed E-state index contributed by atoms with van der Waals surface area (Å²) in [7, 11) is 1.95. The van der Waals surface area contributed by atoms with Crippen molar-refractivity contribution in [2.45, 2.75) is 13.0 Å². The number of halogens is 2. The fraction of sp³-hybridized carbons (Fsp3) is 0.308. The van der Waals surface area contributed by atoms with Crippen LogP contribution in [0.4, 0.5) is 0 Å². The van der Waals surface area contributed by atoms with Crippen molar-refractivity contribution in [2.24, 2.45) is 0 Å². The molecule has 0 saturated carbocycles. The van der Waals surface area contributed by atoms with Gasteiger partial charge >= 0.3 is 0 Å². The molecule has 0 unspecified atom stereocenters. The molecule has 2 rings (SSSR count). The van der Waals surface area contributed by atoms with Crippen molar-refractivity contribution in [3.8, 4) is 11.4 Å². The van der Waals surface area contributed by atoms with Gasteiger partial charge in [-0.1, -0.05) is 23.2 Å². The third-order valence-corrected chi connectivity index (χ3v) is 3.26. The summed E-state index contributed by atoms with van der Waals surface area (Å²) >= 11 is 12.1. The smallest absolute Gasteiger partial charge is 0.141 e. The first kappa shape index (κ1) is 13.4. The number of aryl methyl sites for hydroxylation is 1. The molecule has 0 amide bonds. The summed E-state index contributed by atoms with van der Waals surface area (Å²) in [5.41, 5.74) is 0.913. The fourth-order valence-electron chi connectivity index (χ4n) is 1.83. The van der Waals surface area contributed by atoms with Gasteiger partial charge in [0.1, 0.15) is 5.82 Å². The second-order valence-electron chi connectivity index (χ2n) is 4.03. The summed E-state index contributed by atoms with van der Waals surface area (Å²) in [6.07, 6.45) is 4.81. The maximum atomic E-state index is 6.20. The summed E-state index contributed by atoms with van der Waals surface area (Å²) in [6.45, 7) is 1.89. The average Bonchev–Trinajstić information content (AvgIpc) is 2.78. The number of imidazole rings is 1. The van der Waals surface area contributed by atoms with E-state index in [0.717, 1.165) is 30.9 Å². The molecule has 1 heterocycles. The lowest BCUT2D eigenvalue weighted by molar-refractivity contribution is 0.617. The predicted octanol–water partition coefficient (Wildman–Crippen LogP) is 3.47.